The first-order valence-corrected chi connectivity index (χ1v) is 8.40. The minimum Gasteiger partial charge on any atom is -0.495 e. The van der Waals surface area contributed by atoms with Crippen molar-refractivity contribution < 1.29 is 22.7 Å². The third-order valence-corrected chi connectivity index (χ3v) is 5.16. The zero-order valence-electron chi connectivity index (χ0n) is 12.9. The normalized spacial score (nSPS) is 15.4. The number of ether oxygens (including phenoxy) is 2. The van der Waals surface area contributed by atoms with E-state index in [1.165, 1.54) is 32.4 Å². The molecule has 2 rings (SSSR count). The zero-order chi connectivity index (χ0) is 16.3. The lowest BCUT2D eigenvalue weighted by Gasteiger charge is -2.17. The zero-order valence-corrected chi connectivity index (χ0v) is 14.6. The molecule has 0 spiro atoms. The van der Waals surface area contributed by atoms with E-state index in [1.807, 2.05) is 0 Å². The van der Waals surface area contributed by atoms with E-state index < -0.39 is 16.0 Å². The predicted octanol–water partition coefficient (Wildman–Crippen LogP) is 0.919. The first-order chi connectivity index (χ1) is 10.4. The number of rotatable bonds is 7. The summed E-state index contributed by atoms with van der Waals surface area (Å²) < 4.78 is 37.3. The van der Waals surface area contributed by atoms with E-state index in [-0.39, 0.29) is 41.2 Å². The monoisotopic (exact) mass is 364 g/mol. The van der Waals surface area contributed by atoms with Crippen molar-refractivity contribution in [2.24, 2.45) is 11.7 Å². The maximum atomic E-state index is 12.5. The smallest absolute Gasteiger partial charge is 0.337 e. The average Bonchev–Trinajstić information content (AvgIpc) is 3.35. The second-order valence-corrected chi connectivity index (χ2v) is 6.84. The Bertz CT molecular complexity index is 661. The number of carbonyl (C=O) groups is 1. The lowest BCUT2D eigenvalue weighted by Crippen LogP contribution is -2.41. The van der Waals surface area contributed by atoms with Crippen LogP contribution in [0.4, 0.5) is 0 Å². The summed E-state index contributed by atoms with van der Waals surface area (Å²) in [6, 6.07) is 3.77. The molecular formula is C14H21ClN2O5S. The molecule has 0 radical (unpaired) electrons. The highest BCUT2D eigenvalue weighted by atomic mass is 35.5. The van der Waals surface area contributed by atoms with Gasteiger partial charge >= 0.3 is 5.97 Å². The molecule has 0 bridgehead atoms. The van der Waals surface area contributed by atoms with E-state index in [4.69, 9.17) is 10.5 Å². The summed E-state index contributed by atoms with van der Waals surface area (Å²) >= 11 is 0. The number of sulfonamides is 1. The Kier molecular flexibility index (Phi) is 6.82. The van der Waals surface area contributed by atoms with Crippen molar-refractivity contribution in [3.8, 4) is 5.75 Å². The van der Waals surface area contributed by atoms with Gasteiger partial charge < -0.3 is 15.2 Å². The number of carbonyl (C=O) groups excluding carboxylic acids is 1. The van der Waals surface area contributed by atoms with Crippen LogP contribution in [0.25, 0.3) is 0 Å². The molecule has 1 saturated carbocycles. The quantitative estimate of drug-likeness (QED) is 0.696. The van der Waals surface area contributed by atoms with E-state index in [0.717, 1.165) is 12.8 Å². The highest BCUT2D eigenvalue weighted by molar-refractivity contribution is 7.89. The molecule has 7 nitrogen and oxygen atoms in total. The number of methoxy groups -OCH3 is 2. The van der Waals surface area contributed by atoms with Crippen LogP contribution in [0, 0.1) is 5.92 Å². The second kappa shape index (κ2) is 7.96. The summed E-state index contributed by atoms with van der Waals surface area (Å²) in [5, 5.41) is 0. The fraction of sp³-hybridized carbons (Fsp3) is 0.500. The Morgan fingerprint density at radius 2 is 2.04 bits per heavy atom. The summed E-state index contributed by atoms with van der Waals surface area (Å²) in [7, 11) is -1.18. The van der Waals surface area contributed by atoms with Gasteiger partial charge in [0.25, 0.3) is 0 Å². The Balaban J connectivity index is 0.00000264. The van der Waals surface area contributed by atoms with Gasteiger partial charge in [0, 0.05) is 12.6 Å². The molecule has 0 saturated heterocycles. The molecule has 0 aromatic heterocycles. The summed E-state index contributed by atoms with van der Waals surface area (Å²) in [6.45, 7) is 0.243. The molecule has 130 valence electrons. The molecule has 1 aliphatic carbocycles. The molecule has 23 heavy (non-hydrogen) atoms. The van der Waals surface area contributed by atoms with E-state index in [0.29, 0.717) is 5.92 Å². The molecule has 0 aliphatic heterocycles. The Labute approximate surface area is 142 Å². The van der Waals surface area contributed by atoms with Crippen LogP contribution in [0.5, 0.6) is 5.75 Å². The van der Waals surface area contributed by atoms with Gasteiger partial charge in [-0.05, 0) is 37.0 Å². The number of benzene rings is 1. The van der Waals surface area contributed by atoms with E-state index in [1.54, 1.807) is 0 Å². The van der Waals surface area contributed by atoms with Gasteiger partial charge in [-0.15, -0.1) is 12.4 Å². The highest BCUT2D eigenvalue weighted by Gasteiger charge is 2.34. The van der Waals surface area contributed by atoms with Crippen LogP contribution in [0.1, 0.15) is 23.2 Å². The largest absolute Gasteiger partial charge is 0.495 e. The fourth-order valence-electron chi connectivity index (χ4n) is 2.23. The Hall–Kier alpha value is -1.35. The molecular weight excluding hydrogens is 344 g/mol. The lowest BCUT2D eigenvalue weighted by atomic mass is 10.2. The van der Waals surface area contributed by atoms with Crippen molar-refractivity contribution in [3.63, 3.8) is 0 Å². The van der Waals surface area contributed by atoms with Gasteiger partial charge in [0.1, 0.15) is 10.6 Å². The molecule has 1 fully saturated rings. The summed E-state index contributed by atoms with van der Waals surface area (Å²) in [4.78, 5) is 11.5. The van der Waals surface area contributed by atoms with Crippen molar-refractivity contribution in [2.75, 3.05) is 20.8 Å². The van der Waals surface area contributed by atoms with Crippen LogP contribution in [-0.4, -0.2) is 41.2 Å². The number of halogens is 1. The SMILES string of the molecule is COC(=O)c1ccc(S(=O)(=O)NC(CN)C2CC2)c(OC)c1.Cl. The van der Waals surface area contributed by atoms with Crippen molar-refractivity contribution >= 4 is 28.4 Å². The molecule has 1 aromatic rings. The predicted molar refractivity (Wildman–Crippen MR) is 87.5 cm³/mol. The van der Waals surface area contributed by atoms with E-state index >= 15 is 0 Å². The van der Waals surface area contributed by atoms with Crippen LogP contribution >= 0.6 is 12.4 Å². The summed E-state index contributed by atoms with van der Waals surface area (Å²) in [6.07, 6.45) is 1.95. The number of hydrogen-bond donors (Lipinski definition) is 2. The Morgan fingerprint density at radius 3 is 2.52 bits per heavy atom. The van der Waals surface area contributed by atoms with Gasteiger partial charge in [-0.1, -0.05) is 0 Å². The molecule has 9 heteroatoms. The summed E-state index contributed by atoms with van der Waals surface area (Å²) in [5.74, 6) is -0.185. The highest BCUT2D eigenvalue weighted by Crippen LogP contribution is 2.33. The van der Waals surface area contributed by atoms with Crippen LogP contribution in [0.3, 0.4) is 0 Å². The van der Waals surface area contributed by atoms with Crippen LogP contribution < -0.4 is 15.2 Å². The van der Waals surface area contributed by atoms with Gasteiger partial charge in [0.05, 0.1) is 19.8 Å². The van der Waals surface area contributed by atoms with Crippen LogP contribution in [0.2, 0.25) is 0 Å². The average molecular weight is 365 g/mol. The third kappa shape index (κ3) is 4.57. The third-order valence-electron chi connectivity index (χ3n) is 3.63. The van der Waals surface area contributed by atoms with Gasteiger partial charge in [0.15, 0.2) is 0 Å². The van der Waals surface area contributed by atoms with Crippen molar-refractivity contribution in [2.45, 2.75) is 23.8 Å². The number of hydrogen-bond acceptors (Lipinski definition) is 6. The minimum atomic E-state index is -3.78. The van der Waals surface area contributed by atoms with Crippen LogP contribution in [-0.2, 0) is 14.8 Å². The van der Waals surface area contributed by atoms with E-state index in [2.05, 4.69) is 9.46 Å². The number of nitrogens with one attached hydrogen (secondary N) is 1. The Morgan fingerprint density at radius 1 is 1.39 bits per heavy atom. The van der Waals surface area contributed by atoms with Gasteiger partial charge in [-0.3, -0.25) is 0 Å². The second-order valence-electron chi connectivity index (χ2n) is 5.16. The molecule has 0 amide bonds. The van der Waals surface area contributed by atoms with Crippen molar-refractivity contribution in [3.05, 3.63) is 23.8 Å². The molecule has 1 atom stereocenters. The van der Waals surface area contributed by atoms with Gasteiger partial charge in [-0.25, -0.2) is 17.9 Å². The maximum absolute atomic E-state index is 12.5. The minimum absolute atomic E-state index is 0. The lowest BCUT2D eigenvalue weighted by molar-refractivity contribution is 0.0600. The molecule has 1 unspecified atom stereocenters. The van der Waals surface area contributed by atoms with Gasteiger partial charge in [-0.2, -0.15) is 0 Å². The van der Waals surface area contributed by atoms with Crippen molar-refractivity contribution in [1.29, 1.82) is 0 Å². The van der Waals surface area contributed by atoms with Crippen LogP contribution in [0.15, 0.2) is 23.1 Å². The summed E-state index contributed by atoms with van der Waals surface area (Å²) in [5.41, 5.74) is 5.85. The molecule has 0 heterocycles. The van der Waals surface area contributed by atoms with Crippen molar-refractivity contribution in [1.82, 2.24) is 4.72 Å². The van der Waals surface area contributed by atoms with Gasteiger partial charge in [0.2, 0.25) is 10.0 Å². The standard InChI is InChI=1S/C14H20N2O5S.ClH/c1-20-12-7-10(14(17)21-2)5-6-13(12)22(18,19)16-11(8-15)9-3-4-9;/h5-7,9,11,16H,3-4,8,15H2,1-2H3;1H. The van der Waals surface area contributed by atoms with E-state index in [9.17, 15) is 13.2 Å². The number of nitrogens with two attached hydrogens (primary N) is 1. The maximum Gasteiger partial charge on any atom is 0.337 e. The topological polar surface area (TPSA) is 108 Å². The molecule has 1 aromatic carbocycles. The molecule has 1 aliphatic rings. The number of esters is 1. The first-order valence-electron chi connectivity index (χ1n) is 6.91. The molecule has 3 N–H and O–H groups in total. The fourth-order valence-corrected chi connectivity index (χ4v) is 3.70. The first kappa shape index (κ1) is 19.7.